The highest BCUT2D eigenvalue weighted by Crippen LogP contribution is 2.72. The molecule has 0 N–H and O–H groups in total. The Morgan fingerprint density at radius 2 is 1.69 bits per heavy atom. The zero-order valence-corrected chi connectivity index (χ0v) is 19.3. The smallest absolute Gasteiger partial charge is 0.302 e. The lowest BCUT2D eigenvalue weighted by atomic mass is 9.35. The fourth-order valence-corrected chi connectivity index (χ4v) is 9.13. The first-order valence-electron chi connectivity index (χ1n) is 11.8. The van der Waals surface area contributed by atoms with Crippen LogP contribution in [0.4, 0.5) is 0 Å². The number of rotatable bonds is 2. The first kappa shape index (κ1) is 21.1. The third kappa shape index (κ3) is 2.97. The molecule has 0 bridgehead atoms. The average Bonchev–Trinajstić information content (AvgIpc) is 2.61. The van der Waals surface area contributed by atoms with Gasteiger partial charge >= 0.3 is 5.97 Å². The van der Waals surface area contributed by atoms with E-state index in [1.165, 1.54) is 32.1 Å². The second-order valence-electron chi connectivity index (χ2n) is 12.2. The minimum Gasteiger partial charge on any atom is -0.462 e. The molecule has 0 aliphatic heterocycles. The molecular formula is C26H40O3. The van der Waals surface area contributed by atoms with Crippen molar-refractivity contribution in [2.75, 3.05) is 0 Å². The molecule has 0 amide bonds. The molecule has 4 aliphatic rings. The number of esters is 1. The molecule has 3 saturated carbocycles. The van der Waals surface area contributed by atoms with Crippen LogP contribution in [-0.2, 0) is 14.3 Å². The van der Waals surface area contributed by atoms with Crippen LogP contribution in [-0.4, -0.2) is 18.4 Å². The number of aldehydes is 1. The number of allylic oxidation sites excluding steroid dienone is 2. The summed E-state index contributed by atoms with van der Waals surface area (Å²) in [4.78, 5) is 23.7. The lowest BCUT2D eigenvalue weighted by Gasteiger charge is -2.70. The number of fused-ring (bicyclic) bond motifs is 5. The Hall–Kier alpha value is -1.12. The number of carbonyl (C=O) groups is 2. The summed E-state index contributed by atoms with van der Waals surface area (Å²) in [6.07, 6.45) is 12.3. The summed E-state index contributed by atoms with van der Waals surface area (Å²) in [5.74, 6) is 1.60. The minimum atomic E-state index is -0.178. The minimum absolute atomic E-state index is 0.0904. The summed E-state index contributed by atoms with van der Waals surface area (Å²) >= 11 is 0. The molecule has 4 aliphatic carbocycles. The maximum Gasteiger partial charge on any atom is 0.302 e. The van der Waals surface area contributed by atoms with Crippen LogP contribution in [0.3, 0.4) is 0 Å². The number of ether oxygens (including phenoxy) is 1. The van der Waals surface area contributed by atoms with E-state index in [2.05, 4.69) is 40.7 Å². The van der Waals surface area contributed by atoms with Gasteiger partial charge in [-0.05, 0) is 84.5 Å². The highest BCUT2D eigenvalue weighted by Gasteiger charge is 2.67. The Balaban J connectivity index is 1.80. The Kier molecular flexibility index (Phi) is 4.87. The zero-order chi connectivity index (χ0) is 21.2. The van der Waals surface area contributed by atoms with Crippen molar-refractivity contribution >= 4 is 12.3 Å². The third-order valence-corrected chi connectivity index (χ3v) is 10.3. The number of hydrogen-bond acceptors (Lipinski definition) is 3. The lowest BCUT2D eigenvalue weighted by molar-refractivity contribution is -0.231. The first-order valence-corrected chi connectivity index (χ1v) is 11.8. The molecular weight excluding hydrogens is 360 g/mol. The Labute approximate surface area is 177 Å². The van der Waals surface area contributed by atoms with E-state index in [4.69, 9.17) is 4.74 Å². The van der Waals surface area contributed by atoms with Gasteiger partial charge in [-0.3, -0.25) is 9.59 Å². The summed E-state index contributed by atoms with van der Waals surface area (Å²) in [6.45, 7) is 13.9. The summed E-state index contributed by atoms with van der Waals surface area (Å²) in [6, 6.07) is 0. The number of carbonyl (C=O) groups excluding carboxylic acids is 2. The summed E-state index contributed by atoms with van der Waals surface area (Å²) < 4.78 is 6.05. The molecule has 4 rings (SSSR count). The predicted molar refractivity (Wildman–Crippen MR) is 115 cm³/mol. The van der Waals surface area contributed by atoms with Gasteiger partial charge in [0.25, 0.3) is 0 Å². The highest BCUT2D eigenvalue weighted by atomic mass is 16.5. The van der Waals surface area contributed by atoms with Crippen LogP contribution in [0.5, 0.6) is 0 Å². The molecule has 0 aromatic heterocycles. The summed E-state index contributed by atoms with van der Waals surface area (Å²) in [5, 5.41) is 0. The van der Waals surface area contributed by atoms with Crippen molar-refractivity contribution in [3.63, 3.8) is 0 Å². The first-order chi connectivity index (χ1) is 13.5. The quantitative estimate of drug-likeness (QED) is 0.415. The second kappa shape index (κ2) is 6.69. The molecule has 162 valence electrons. The van der Waals surface area contributed by atoms with Crippen molar-refractivity contribution in [2.24, 2.45) is 39.4 Å². The Bertz CT molecular complexity index is 736. The third-order valence-electron chi connectivity index (χ3n) is 10.3. The van der Waals surface area contributed by atoms with Crippen molar-refractivity contribution in [2.45, 2.75) is 99.0 Å². The van der Waals surface area contributed by atoms with Crippen molar-refractivity contribution < 1.29 is 14.3 Å². The van der Waals surface area contributed by atoms with Gasteiger partial charge in [0.05, 0.1) is 0 Å². The predicted octanol–water partition coefficient (Wildman–Crippen LogP) is 6.11. The fraction of sp³-hybridized carbons (Fsp3) is 0.846. The molecule has 7 atom stereocenters. The van der Waals surface area contributed by atoms with Crippen molar-refractivity contribution in [1.29, 1.82) is 0 Å². The largest absolute Gasteiger partial charge is 0.462 e. The maximum atomic E-state index is 12.1. The van der Waals surface area contributed by atoms with Gasteiger partial charge in [0.1, 0.15) is 12.4 Å². The summed E-state index contributed by atoms with van der Waals surface area (Å²) in [7, 11) is 0. The molecule has 0 spiro atoms. The van der Waals surface area contributed by atoms with Crippen molar-refractivity contribution in [3.8, 4) is 0 Å². The van der Waals surface area contributed by atoms with Crippen LogP contribution in [0.1, 0.15) is 92.9 Å². The van der Waals surface area contributed by atoms with E-state index in [1.54, 1.807) is 6.92 Å². The maximum absolute atomic E-state index is 12.1. The molecule has 0 aromatic rings. The topological polar surface area (TPSA) is 43.4 Å². The van der Waals surface area contributed by atoms with E-state index in [-0.39, 0.29) is 22.9 Å². The fourth-order valence-electron chi connectivity index (χ4n) is 9.13. The van der Waals surface area contributed by atoms with E-state index in [9.17, 15) is 9.59 Å². The molecule has 0 saturated heterocycles. The standard InChI is InChI=1S/C26H40O3/c1-17(28)29-22-14-21-24(4)12-7-11-23(2,3)19(24)10-13-25(21,5)20-9-8-18(16-27)15-26(20,22)6/h8,16,19-22H,7,9-15H2,1-6H3/t19-,20+,21+,22-,24+,25+,26-/m1/s1. The molecule has 3 nitrogen and oxygen atoms in total. The average molecular weight is 401 g/mol. The van der Waals surface area contributed by atoms with Gasteiger partial charge in [0.15, 0.2) is 0 Å². The Morgan fingerprint density at radius 1 is 1.00 bits per heavy atom. The summed E-state index contributed by atoms with van der Waals surface area (Å²) in [5.41, 5.74) is 1.69. The second-order valence-corrected chi connectivity index (χ2v) is 12.2. The van der Waals surface area contributed by atoms with Crippen LogP contribution >= 0.6 is 0 Å². The van der Waals surface area contributed by atoms with E-state index < -0.39 is 0 Å². The number of hydrogen-bond donors (Lipinski definition) is 0. The SMILES string of the molecule is CC(=O)O[C@@H]1C[C@@H]2[C@@](C)(CC[C@@H]3C(C)(C)CCC[C@]23C)[C@@H]2CC=C(C=O)C[C@]21C. The van der Waals surface area contributed by atoms with E-state index in [0.717, 1.165) is 37.0 Å². The van der Waals surface area contributed by atoms with Gasteiger partial charge in [0, 0.05) is 12.3 Å². The van der Waals surface area contributed by atoms with Gasteiger partial charge in [-0.2, -0.15) is 0 Å². The van der Waals surface area contributed by atoms with Crippen molar-refractivity contribution in [3.05, 3.63) is 11.6 Å². The van der Waals surface area contributed by atoms with Gasteiger partial charge in [-0.15, -0.1) is 0 Å². The van der Waals surface area contributed by atoms with Crippen LogP contribution in [0, 0.1) is 39.4 Å². The highest BCUT2D eigenvalue weighted by molar-refractivity contribution is 5.74. The zero-order valence-electron chi connectivity index (χ0n) is 19.3. The molecule has 0 radical (unpaired) electrons. The van der Waals surface area contributed by atoms with E-state index in [1.807, 2.05) is 0 Å². The van der Waals surface area contributed by atoms with Crippen LogP contribution in [0.15, 0.2) is 11.6 Å². The molecule has 0 heterocycles. The van der Waals surface area contributed by atoms with Crippen LogP contribution in [0.2, 0.25) is 0 Å². The molecule has 3 heteroatoms. The van der Waals surface area contributed by atoms with Gasteiger partial charge < -0.3 is 4.74 Å². The molecule has 0 unspecified atom stereocenters. The van der Waals surface area contributed by atoms with Gasteiger partial charge in [0.2, 0.25) is 0 Å². The van der Waals surface area contributed by atoms with Crippen molar-refractivity contribution in [1.82, 2.24) is 0 Å². The molecule has 29 heavy (non-hydrogen) atoms. The lowest BCUT2D eigenvalue weighted by Crippen LogP contribution is -2.65. The van der Waals surface area contributed by atoms with E-state index in [0.29, 0.717) is 22.7 Å². The molecule has 0 aromatic carbocycles. The van der Waals surface area contributed by atoms with Crippen LogP contribution in [0.25, 0.3) is 0 Å². The van der Waals surface area contributed by atoms with E-state index >= 15 is 0 Å². The van der Waals surface area contributed by atoms with Crippen LogP contribution < -0.4 is 0 Å². The van der Waals surface area contributed by atoms with Gasteiger partial charge in [-0.1, -0.05) is 47.1 Å². The monoisotopic (exact) mass is 400 g/mol. The normalized spacial score (nSPS) is 48.4. The van der Waals surface area contributed by atoms with Gasteiger partial charge in [-0.25, -0.2) is 0 Å². The Morgan fingerprint density at radius 3 is 2.34 bits per heavy atom. The molecule has 3 fully saturated rings.